The zero-order valence-corrected chi connectivity index (χ0v) is 12.4. The van der Waals surface area contributed by atoms with Crippen molar-refractivity contribution in [2.24, 2.45) is 0 Å². The molecule has 2 rings (SSSR count). The Balaban J connectivity index is 2.00. The first-order valence-electron chi connectivity index (χ1n) is 4.96. The fourth-order valence-corrected chi connectivity index (χ4v) is 3.32. The van der Waals surface area contributed by atoms with E-state index in [4.69, 9.17) is 0 Å². The lowest BCUT2D eigenvalue weighted by molar-refractivity contribution is 0.399. The molecule has 2 aromatic rings. The van der Waals surface area contributed by atoms with Crippen LogP contribution in [0.1, 0.15) is 24.4 Å². The molecule has 0 spiro atoms. The summed E-state index contributed by atoms with van der Waals surface area (Å²) in [6.07, 6.45) is 1.85. The maximum atomic E-state index is 4.35. The van der Waals surface area contributed by atoms with E-state index in [0.717, 1.165) is 11.6 Å². The van der Waals surface area contributed by atoms with Gasteiger partial charge in [0.2, 0.25) is 0 Å². The molecular weight excluding hydrogens is 304 g/mol. The first-order valence-corrected chi connectivity index (χ1v) is 7.51. The van der Waals surface area contributed by atoms with Gasteiger partial charge in [0, 0.05) is 18.1 Å². The van der Waals surface area contributed by atoms with E-state index in [0.29, 0.717) is 0 Å². The molecule has 0 unspecified atom stereocenters. The summed E-state index contributed by atoms with van der Waals surface area (Å²) in [6.45, 7) is 5.19. The minimum atomic E-state index is -0.0669. The highest BCUT2D eigenvalue weighted by Gasteiger charge is 2.22. The Kier molecular flexibility index (Phi) is 3.79. The average Bonchev–Trinajstić information content (AvgIpc) is 2.85. The van der Waals surface area contributed by atoms with Crippen molar-refractivity contribution in [1.29, 1.82) is 0 Å². The minimum absolute atomic E-state index is 0.0669. The summed E-state index contributed by atoms with van der Waals surface area (Å²) in [7, 11) is 0. The molecule has 0 amide bonds. The van der Waals surface area contributed by atoms with E-state index in [1.807, 2.05) is 11.6 Å². The number of rotatable bonds is 4. The Morgan fingerprint density at radius 1 is 1.44 bits per heavy atom. The molecule has 0 aromatic carbocycles. The predicted octanol–water partition coefficient (Wildman–Crippen LogP) is 3.99. The van der Waals surface area contributed by atoms with Crippen LogP contribution in [0.4, 0.5) is 0 Å². The lowest BCUT2D eigenvalue weighted by Crippen LogP contribution is -2.35. The Bertz CT molecular complexity index is 448. The third kappa shape index (κ3) is 2.91. The van der Waals surface area contributed by atoms with E-state index in [1.165, 1.54) is 9.35 Å². The molecule has 0 fully saturated rings. The number of thiazole rings is 1. The van der Waals surface area contributed by atoms with Crippen molar-refractivity contribution in [1.82, 2.24) is 10.3 Å². The third-order valence-electron chi connectivity index (χ3n) is 2.32. The molecule has 0 saturated carbocycles. The highest BCUT2D eigenvalue weighted by atomic mass is 79.9. The van der Waals surface area contributed by atoms with E-state index in [-0.39, 0.29) is 5.54 Å². The highest BCUT2D eigenvalue weighted by molar-refractivity contribution is 9.11. The summed E-state index contributed by atoms with van der Waals surface area (Å²) in [6, 6.07) is 2.15. The lowest BCUT2D eigenvalue weighted by atomic mass is 10.1. The number of hydrogen-bond acceptors (Lipinski definition) is 4. The summed E-state index contributed by atoms with van der Waals surface area (Å²) >= 11 is 6.88. The molecule has 1 N–H and O–H groups in total. The maximum Gasteiger partial charge on any atom is 0.112 e. The van der Waals surface area contributed by atoms with Gasteiger partial charge >= 0.3 is 0 Å². The van der Waals surface area contributed by atoms with Crippen LogP contribution in [0.25, 0.3) is 0 Å². The molecule has 2 heterocycles. The summed E-state index contributed by atoms with van der Waals surface area (Å²) in [4.78, 5) is 4.35. The fourth-order valence-electron chi connectivity index (χ4n) is 1.37. The van der Waals surface area contributed by atoms with Crippen molar-refractivity contribution in [2.75, 3.05) is 0 Å². The summed E-state index contributed by atoms with van der Waals surface area (Å²) < 4.78 is 1.18. The van der Waals surface area contributed by atoms with E-state index in [9.17, 15) is 0 Å². The normalized spacial score (nSPS) is 11.9. The molecule has 0 radical (unpaired) electrons. The number of thiophene rings is 1. The molecule has 5 heteroatoms. The van der Waals surface area contributed by atoms with Crippen molar-refractivity contribution in [3.05, 3.63) is 37.4 Å². The van der Waals surface area contributed by atoms with Gasteiger partial charge in [-0.3, -0.25) is 0 Å². The zero-order valence-electron chi connectivity index (χ0n) is 9.16. The van der Waals surface area contributed by atoms with Crippen LogP contribution in [-0.2, 0) is 12.1 Å². The van der Waals surface area contributed by atoms with Gasteiger partial charge in [-0.15, -0.1) is 22.7 Å². The SMILES string of the molecule is CC(C)(NCc1csc(Br)c1)c1nccs1. The second kappa shape index (κ2) is 4.96. The summed E-state index contributed by atoms with van der Waals surface area (Å²) in [5, 5.41) is 8.83. The summed E-state index contributed by atoms with van der Waals surface area (Å²) in [5.41, 5.74) is 1.24. The van der Waals surface area contributed by atoms with Crippen molar-refractivity contribution < 1.29 is 0 Å². The van der Waals surface area contributed by atoms with Crippen LogP contribution in [0.5, 0.6) is 0 Å². The van der Waals surface area contributed by atoms with Gasteiger partial charge in [-0.25, -0.2) is 4.98 Å². The van der Waals surface area contributed by atoms with Gasteiger partial charge in [0.1, 0.15) is 5.01 Å². The average molecular weight is 317 g/mol. The van der Waals surface area contributed by atoms with E-state index in [2.05, 4.69) is 51.5 Å². The van der Waals surface area contributed by atoms with Gasteiger partial charge in [0.25, 0.3) is 0 Å². The van der Waals surface area contributed by atoms with Crippen LogP contribution in [-0.4, -0.2) is 4.98 Å². The number of hydrogen-bond donors (Lipinski definition) is 1. The largest absolute Gasteiger partial charge is 0.302 e. The number of nitrogens with one attached hydrogen (secondary N) is 1. The molecule has 0 saturated heterocycles. The first kappa shape index (κ1) is 12.2. The highest BCUT2D eigenvalue weighted by Crippen LogP contribution is 2.24. The molecule has 0 aliphatic rings. The van der Waals surface area contributed by atoms with Gasteiger partial charge in [-0.2, -0.15) is 0 Å². The van der Waals surface area contributed by atoms with Crippen molar-refractivity contribution in [3.63, 3.8) is 0 Å². The van der Waals surface area contributed by atoms with Crippen molar-refractivity contribution >= 4 is 38.6 Å². The molecule has 0 aliphatic carbocycles. The number of halogens is 1. The molecule has 2 nitrogen and oxygen atoms in total. The Morgan fingerprint density at radius 3 is 2.81 bits per heavy atom. The number of aromatic nitrogens is 1. The Hall–Kier alpha value is -0.230. The Morgan fingerprint density at radius 2 is 2.25 bits per heavy atom. The predicted molar refractivity (Wildman–Crippen MR) is 74.0 cm³/mol. The third-order valence-corrected chi connectivity index (χ3v) is 4.97. The lowest BCUT2D eigenvalue weighted by Gasteiger charge is -2.23. The van der Waals surface area contributed by atoms with Crippen LogP contribution in [0, 0.1) is 0 Å². The molecule has 2 aromatic heterocycles. The second-order valence-electron chi connectivity index (χ2n) is 4.07. The van der Waals surface area contributed by atoms with Gasteiger partial charge < -0.3 is 5.32 Å². The van der Waals surface area contributed by atoms with Gasteiger partial charge in [-0.1, -0.05) is 0 Å². The van der Waals surface area contributed by atoms with Gasteiger partial charge in [0.05, 0.1) is 9.33 Å². The monoisotopic (exact) mass is 316 g/mol. The molecule has 16 heavy (non-hydrogen) atoms. The summed E-state index contributed by atoms with van der Waals surface area (Å²) in [5.74, 6) is 0. The molecule has 0 bridgehead atoms. The standard InChI is InChI=1S/C11H13BrN2S2/c1-11(2,10-13-3-4-15-10)14-6-8-5-9(12)16-7-8/h3-5,7,14H,6H2,1-2H3. The van der Waals surface area contributed by atoms with Crippen LogP contribution >= 0.6 is 38.6 Å². The zero-order chi connectivity index (χ0) is 11.6. The van der Waals surface area contributed by atoms with Crippen LogP contribution < -0.4 is 5.32 Å². The van der Waals surface area contributed by atoms with Crippen LogP contribution in [0.2, 0.25) is 0 Å². The van der Waals surface area contributed by atoms with Crippen molar-refractivity contribution in [2.45, 2.75) is 25.9 Å². The second-order valence-corrected chi connectivity index (χ2v) is 7.26. The quantitative estimate of drug-likeness (QED) is 0.922. The van der Waals surface area contributed by atoms with Gasteiger partial charge in [-0.05, 0) is 46.8 Å². The maximum absolute atomic E-state index is 4.35. The topological polar surface area (TPSA) is 24.9 Å². The van der Waals surface area contributed by atoms with Crippen LogP contribution in [0.15, 0.2) is 26.8 Å². The van der Waals surface area contributed by atoms with Crippen molar-refractivity contribution in [3.8, 4) is 0 Å². The molecular formula is C11H13BrN2S2. The number of nitrogens with zero attached hydrogens (tertiary/aromatic N) is 1. The fraction of sp³-hybridized carbons (Fsp3) is 0.364. The van der Waals surface area contributed by atoms with E-state index in [1.54, 1.807) is 22.7 Å². The van der Waals surface area contributed by atoms with Crippen LogP contribution in [0.3, 0.4) is 0 Å². The molecule has 86 valence electrons. The first-order chi connectivity index (χ1) is 7.58. The smallest absolute Gasteiger partial charge is 0.112 e. The molecule has 0 aliphatic heterocycles. The van der Waals surface area contributed by atoms with E-state index >= 15 is 0 Å². The van der Waals surface area contributed by atoms with E-state index < -0.39 is 0 Å². The molecule has 0 atom stereocenters. The Labute approximate surface area is 112 Å². The van der Waals surface area contributed by atoms with Gasteiger partial charge in [0.15, 0.2) is 0 Å². The minimum Gasteiger partial charge on any atom is -0.302 e.